The van der Waals surface area contributed by atoms with Gasteiger partial charge in [0.15, 0.2) is 0 Å². The predicted molar refractivity (Wildman–Crippen MR) is 99.4 cm³/mol. The van der Waals surface area contributed by atoms with Crippen LogP contribution in [-0.2, 0) is 11.2 Å². The van der Waals surface area contributed by atoms with Crippen LogP contribution in [-0.4, -0.2) is 12.5 Å². The van der Waals surface area contributed by atoms with E-state index in [1.165, 1.54) is 5.56 Å². The molecule has 0 fully saturated rings. The highest BCUT2D eigenvalue weighted by Crippen LogP contribution is 2.18. The third kappa shape index (κ3) is 6.86. The lowest BCUT2D eigenvalue weighted by Gasteiger charge is -2.10. The maximum atomic E-state index is 12.1. The lowest BCUT2D eigenvalue weighted by Crippen LogP contribution is -2.11. The molecule has 3 heteroatoms. The third-order valence-corrected chi connectivity index (χ3v) is 3.79. The van der Waals surface area contributed by atoms with E-state index in [1.54, 1.807) is 0 Å². The molecule has 1 amide bonds. The molecule has 0 aromatic heterocycles. The highest BCUT2D eigenvalue weighted by molar-refractivity contribution is 5.90. The Kier molecular flexibility index (Phi) is 7.34. The fourth-order valence-corrected chi connectivity index (χ4v) is 2.40. The van der Waals surface area contributed by atoms with Gasteiger partial charge in [-0.05, 0) is 42.9 Å². The molecule has 2 rings (SSSR count). The van der Waals surface area contributed by atoms with Crippen molar-refractivity contribution in [2.75, 3.05) is 11.9 Å². The first-order valence-corrected chi connectivity index (χ1v) is 8.70. The fraction of sp³-hybridized carbons (Fsp3) is 0.381. The Hall–Kier alpha value is -2.29. The van der Waals surface area contributed by atoms with Crippen molar-refractivity contribution in [3.63, 3.8) is 0 Å². The van der Waals surface area contributed by atoms with Crippen LogP contribution >= 0.6 is 0 Å². The van der Waals surface area contributed by atoms with Crippen LogP contribution in [0.2, 0.25) is 0 Å². The van der Waals surface area contributed by atoms with Crippen molar-refractivity contribution in [3.05, 3.63) is 60.2 Å². The van der Waals surface area contributed by atoms with E-state index in [-0.39, 0.29) is 5.91 Å². The average Bonchev–Trinajstić information content (AvgIpc) is 2.56. The van der Waals surface area contributed by atoms with Crippen molar-refractivity contribution in [1.29, 1.82) is 0 Å². The fourth-order valence-electron chi connectivity index (χ4n) is 2.40. The molecule has 0 radical (unpaired) electrons. The largest absolute Gasteiger partial charge is 0.494 e. The average molecular weight is 325 g/mol. The third-order valence-electron chi connectivity index (χ3n) is 3.79. The minimum Gasteiger partial charge on any atom is -0.494 e. The molecule has 2 aromatic rings. The van der Waals surface area contributed by atoms with Crippen molar-refractivity contribution < 1.29 is 9.53 Å². The molecule has 3 nitrogen and oxygen atoms in total. The molecule has 0 aliphatic rings. The lowest BCUT2D eigenvalue weighted by atomic mass is 10.1. The van der Waals surface area contributed by atoms with Gasteiger partial charge in [-0.25, -0.2) is 0 Å². The Bertz CT molecular complexity index is 623. The number of carbonyl (C=O) groups excluding carboxylic acids is 1. The number of hydrogen-bond donors (Lipinski definition) is 1. The maximum absolute atomic E-state index is 12.1. The number of hydrogen-bond acceptors (Lipinski definition) is 2. The smallest absolute Gasteiger partial charge is 0.224 e. The van der Waals surface area contributed by atoms with Gasteiger partial charge in [-0.15, -0.1) is 0 Å². The highest BCUT2D eigenvalue weighted by Gasteiger charge is 2.04. The van der Waals surface area contributed by atoms with Crippen LogP contribution in [0.1, 0.15) is 38.7 Å². The lowest BCUT2D eigenvalue weighted by molar-refractivity contribution is -0.116. The first-order chi connectivity index (χ1) is 11.6. The topological polar surface area (TPSA) is 38.3 Å². The first-order valence-electron chi connectivity index (χ1n) is 8.70. The van der Waals surface area contributed by atoms with Crippen LogP contribution in [0.25, 0.3) is 0 Å². The number of anilines is 1. The van der Waals surface area contributed by atoms with Crippen LogP contribution in [0.3, 0.4) is 0 Å². The summed E-state index contributed by atoms with van der Waals surface area (Å²) in [5.41, 5.74) is 2.06. The van der Waals surface area contributed by atoms with Gasteiger partial charge in [0.05, 0.1) is 6.61 Å². The number of aryl methyl sites for hydroxylation is 1. The van der Waals surface area contributed by atoms with Crippen molar-refractivity contribution in [2.24, 2.45) is 5.92 Å². The zero-order valence-corrected chi connectivity index (χ0v) is 14.6. The van der Waals surface area contributed by atoms with Crippen molar-refractivity contribution in [1.82, 2.24) is 0 Å². The summed E-state index contributed by atoms with van der Waals surface area (Å²) in [4.78, 5) is 12.1. The second kappa shape index (κ2) is 9.76. The summed E-state index contributed by atoms with van der Waals surface area (Å²) < 4.78 is 5.73. The normalized spacial score (nSPS) is 10.6. The minimum atomic E-state index is 0.0465. The molecule has 1 N–H and O–H groups in total. The van der Waals surface area contributed by atoms with Gasteiger partial charge in [-0.3, -0.25) is 4.79 Å². The van der Waals surface area contributed by atoms with Gasteiger partial charge in [-0.1, -0.05) is 50.2 Å². The molecule has 2 aromatic carbocycles. The second-order valence-electron chi connectivity index (χ2n) is 6.45. The van der Waals surface area contributed by atoms with Gasteiger partial charge in [0.1, 0.15) is 5.75 Å². The Balaban J connectivity index is 1.74. The summed E-state index contributed by atoms with van der Waals surface area (Å²) in [5, 5.41) is 2.95. The van der Waals surface area contributed by atoms with Gasteiger partial charge in [-0.2, -0.15) is 0 Å². The molecule has 0 heterocycles. The Labute approximate surface area is 145 Å². The van der Waals surface area contributed by atoms with E-state index >= 15 is 0 Å². The number of amides is 1. The van der Waals surface area contributed by atoms with Gasteiger partial charge < -0.3 is 10.1 Å². The number of carbonyl (C=O) groups is 1. The minimum absolute atomic E-state index is 0.0465. The molecule has 24 heavy (non-hydrogen) atoms. The van der Waals surface area contributed by atoms with Crippen molar-refractivity contribution in [2.45, 2.75) is 39.5 Å². The first kappa shape index (κ1) is 18.1. The molecule has 0 spiro atoms. The zero-order chi connectivity index (χ0) is 17.2. The SMILES string of the molecule is CC(C)CCOc1cccc(NC(=O)CCCc2ccccc2)c1. The summed E-state index contributed by atoms with van der Waals surface area (Å²) >= 11 is 0. The van der Waals surface area contributed by atoms with Gasteiger partial charge in [0, 0.05) is 18.2 Å². The quantitative estimate of drug-likeness (QED) is 0.699. The summed E-state index contributed by atoms with van der Waals surface area (Å²) in [7, 11) is 0. The Morgan fingerprint density at radius 1 is 1.08 bits per heavy atom. The number of nitrogens with one attached hydrogen (secondary N) is 1. The van der Waals surface area contributed by atoms with Crippen molar-refractivity contribution >= 4 is 11.6 Å². The number of rotatable bonds is 9. The van der Waals surface area contributed by atoms with Crippen molar-refractivity contribution in [3.8, 4) is 5.75 Å². The van der Waals surface area contributed by atoms with E-state index in [1.807, 2.05) is 42.5 Å². The molecular formula is C21H27NO2. The van der Waals surface area contributed by atoms with E-state index in [9.17, 15) is 4.79 Å². The molecule has 0 aliphatic heterocycles. The second-order valence-corrected chi connectivity index (χ2v) is 6.45. The van der Waals surface area contributed by atoms with Gasteiger partial charge >= 0.3 is 0 Å². The molecule has 128 valence electrons. The summed E-state index contributed by atoms with van der Waals surface area (Å²) in [6.07, 6.45) is 3.32. The summed E-state index contributed by atoms with van der Waals surface area (Å²) in [6, 6.07) is 17.9. The number of benzene rings is 2. The van der Waals surface area contributed by atoms with Crippen LogP contribution < -0.4 is 10.1 Å². The molecule has 0 saturated heterocycles. The standard InChI is InChI=1S/C21H27NO2/c1-17(2)14-15-24-20-12-7-11-19(16-20)22-21(23)13-6-10-18-8-4-3-5-9-18/h3-5,7-9,11-12,16-17H,6,10,13-15H2,1-2H3,(H,22,23). The summed E-state index contributed by atoms with van der Waals surface area (Å²) in [6.45, 7) is 5.05. The Morgan fingerprint density at radius 2 is 1.88 bits per heavy atom. The van der Waals surface area contributed by atoms with Gasteiger partial charge in [0.2, 0.25) is 5.91 Å². The van der Waals surface area contributed by atoms with E-state index < -0.39 is 0 Å². The molecule has 0 saturated carbocycles. The van der Waals surface area contributed by atoms with E-state index in [2.05, 4.69) is 31.3 Å². The molecule has 0 aliphatic carbocycles. The van der Waals surface area contributed by atoms with E-state index in [4.69, 9.17) is 4.74 Å². The zero-order valence-electron chi connectivity index (χ0n) is 14.6. The molecular weight excluding hydrogens is 298 g/mol. The molecule has 0 atom stereocenters. The van der Waals surface area contributed by atoms with Gasteiger partial charge in [0.25, 0.3) is 0 Å². The number of ether oxygens (including phenoxy) is 1. The van der Waals surface area contributed by atoms with Crippen LogP contribution in [0, 0.1) is 5.92 Å². The van der Waals surface area contributed by atoms with Crippen LogP contribution in [0.5, 0.6) is 5.75 Å². The van der Waals surface area contributed by atoms with Crippen LogP contribution in [0.4, 0.5) is 5.69 Å². The Morgan fingerprint density at radius 3 is 2.62 bits per heavy atom. The highest BCUT2D eigenvalue weighted by atomic mass is 16.5. The maximum Gasteiger partial charge on any atom is 0.224 e. The van der Waals surface area contributed by atoms with E-state index in [0.29, 0.717) is 18.9 Å². The predicted octanol–water partition coefficient (Wildman–Crippen LogP) is 5.07. The summed E-state index contributed by atoms with van der Waals surface area (Å²) in [5.74, 6) is 1.47. The molecule has 0 bridgehead atoms. The molecule has 0 unspecified atom stereocenters. The van der Waals surface area contributed by atoms with Crippen LogP contribution in [0.15, 0.2) is 54.6 Å². The monoisotopic (exact) mass is 325 g/mol. The van der Waals surface area contributed by atoms with E-state index in [0.717, 1.165) is 30.7 Å².